The van der Waals surface area contributed by atoms with Gasteiger partial charge in [0.05, 0.1) is 5.75 Å². The van der Waals surface area contributed by atoms with Crippen LogP contribution in [-0.2, 0) is 22.9 Å². The number of benzene rings is 2. The molecule has 0 unspecified atom stereocenters. The molecule has 4 nitrogen and oxygen atoms in total. The Balaban J connectivity index is 1.74. The zero-order valence-corrected chi connectivity index (χ0v) is 14.2. The number of sulfonamides is 1. The lowest BCUT2D eigenvalue weighted by Gasteiger charge is -2.11. The molecule has 0 spiro atoms. The van der Waals surface area contributed by atoms with Crippen LogP contribution >= 0.6 is 0 Å². The van der Waals surface area contributed by atoms with Crippen LogP contribution < -0.4 is 9.46 Å². The number of aryl methyl sites for hydroxylation is 2. The van der Waals surface area contributed by atoms with Gasteiger partial charge in [-0.2, -0.15) is 0 Å². The van der Waals surface area contributed by atoms with Gasteiger partial charge in [-0.1, -0.05) is 55.5 Å². The van der Waals surface area contributed by atoms with Gasteiger partial charge in [-0.3, -0.25) is 0 Å². The van der Waals surface area contributed by atoms with Crippen molar-refractivity contribution in [2.75, 3.05) is 18.9 Å². The van der Waals surface area contributed by atoms with Gasteiger partial charge in [-0.15, -0.1) is 0 Å². The molecule has 0 atom stereocenters. The second-order valence-electron chi connectivity index (χ2n) is 5.26. The minimum Gasteiger partial charge on any atom is -0.492 e. The molecule has 0 saturated heterocycles. The van der Waals surface area contributed by atoms with E-state index in [2.05, 4.69) is 11.6 Å². The third-order valence-corrected chi connectivity index (χ3v) is 4.92. The highest BCUT2D eigenvalue weighted by Gasteiger charge is 2.10. The monoisotopic (exact) mass is 333 g/mol. The molecule has 0 aliphatic carbocycles. The molecular formula is C18H23NO3S. The van der Waals surface area contributed by atoms with Crippen molar-refractivity contribution in [3.05, 3.63) is 65.7 Å². The second kappa shape index (κ2) is 8.70. The number of rotatable bonds is 9. The fourth-order valence-electron chi connectivity index (χ4n) is 2.26. The lowest BCUT2D eigenvalue weighted by molar-refractivity contribution is 0.320. The van der Waals surface area contributed by atoms with Crippen molar-refractivity contribution < 1.29 is 13.2 Å². The van der Waals surface area contributed by atoms with Gasteiger partial charge in [0.15, 0.2) is 0 Å². The molecule has 23 heavy (non-hydrogen) atoms. The Morgan fingerprint density at radius 2 is 1.70 bits per heavy atom. The average molecular weight is 333 g/mol. The molecule has 5 heteroatoms. The largest absolute Gasteiger partial charge is 0.492 e. The van der Waals surface area contributed by atoms with Gasteiger partial charge in [-0.05, 0) is 30.0 Å². The molecule has 124 valence electrons. The predicted octanol–water partition coefficient (Wildman–Crippen LogP) is 2.79. The third kappa shape index (κ3) is 6.04. The summed E-state index contributed by atoms with van der Waals surface area (Å²) in [6, 6.07) is 17.4. The first kappa shape index (κ1) is 17.5. The predicted molar refractivity (Wildman–Crippen MR) is 93.3 cm³/mol. The van der Waals surface area contributed by atoms with Gasteiger partial charge in [-0.25, -0.2) is 13.1 Å². The van der Waals surface area contributed by atoms with Crippen LogP contribution in [-0.4, -0.2) is 27.3 Å². The first-order chi connectivity index (χ1) is 11.1. The molecule has 0 aliphatic heterocycles. The Labute approximate surface area is 138 Å². The minimum absolute atomic E-state index is 0.0859. The summed E-state index contributed by atoms with van der Waals surface area (Å²) >= 11 is 0. The second-order valence-corrected chi connectivity index (χ2v) is 7.18. The maximum atomic E-state index is 12.0. The summed E-state index contributed by atoms with van der Waals surface area (Å²) in [5.41, 5.74) is 2.14. The molecule has 0 saturated carbocycles. The zero-order chi connectivity index (χ0) is 16.5. The Morgan fingerprint density at radius 3 is 2.43 bits per heavy atom. The van der Waals surface area contributed by atoms with Crippen LogP contribution in [0.5, 0.6) is 5.75 Å². The summed E-state index contributed by atoms with van der Waals surface area (Å²) in [6.45, 7) is 2.66. The van der Waals surface area contributed by atoms with Crippen molar-refractivity contribution >= 4 is 10.0 Å². The van der Waals surface area contributed by atoms with Gasteiger partial charge in [0.1, 0.15) is 12.4 Å². The molecule has 2 aromatic rings. The standard InChI is InChI=1S/C18H23NO3S/c1-2-17-10-6-7-11-18(17)22-14-13-19-23(20,21)15-12-16-8-4-3-5-9-16/h3-11,19H,2,12-15H2,1H3. The van der Waals surface area contributed by atoms with Crippen molar-refractivity contribution in [1.82, 2.24) is 4.72 Å². The van der Waals surface area contributed by atoms with Crippen LogP contribution in [0.2, 0.25) is 0 Å². The lowest BCUT2D eigenvalue weighted by Crippen LogP contribution is -2.31. The summed E-state index contributed by atoms with van der Waals surface area (Å²) in [5.74, 6) is 0.904. The number of ether oxygens (including phenoxy) is 1. The van der Waals surface area contributed by atoms with E-state index in [4.69, 9.17) is 4.74 Å². The summed E-state index contributed by atoms with van der Waals surface area (Å²) in [7, 11) is -3.28. The summed E-state index contributed by atoms with van der Waals surface area (Å²) in [5, 5.41) is 0. The van der Waals surface area contributed by atoms with Gasteiger partial charge >= 0.3 is 0 Å². The molecule has 2 rings (SSSR count). The molecule has 0 fully saturated rings. The Bertz CT molecular complexity index is 699. The van der Waals surface area contributed by atoms with E-state index in [1.165, 1.54) is 0 Å². The van der Waals surface area contributed by atoms with Crippen molar-refractivity contribution in [1.29, 1.82) is 0 Å². The van der Waals surface area contributed by atoms with E-state index >= 15 is 0 Å². The highest BCUT2D eigenvalue weighted by Crippen LogP contribution is 2.17. The molecule has 2 aromatic carbocycles. The molecule has 0 heterocycles. The Morgan fingerprint density at radius 1 is 1.00 bits per heavy atom. The average Bonchev–Trinajstić information content (AvgIpc) is 2.58. The quantitative estimate of drug-likeness (QED) is 0.718. The first-order valence-electron chi connectivity index (χ1n) is 7.82. The smallest absolute Gasteiger partial charge is 0.212 e. The summed E-state index contributed by atoms with van der Waals surface area (Å²) in [6.07, 6.45) is 1.40. The SMILES string of the molecule is CCc1ccccc1OCCNS(=O)(=O)CCc1ccccc1. The number of nitrogens with one attached hydrogen (secondary N) is 1. The highest BCUT2D eigenvalue weighted by atomic mass is 32.2. The van der Waals surface area contributed by atoms with Gasteiger partial charge in [0.2, 0.25) is 10.0 Å². The summed E-state index contributed by atoms with van der Waals surface area (Å²) < 4.78 is 32.2. The Kier molecular flexibility index (Phi) is 6.62. The highest BCUT2D eigenvalue weighted by molar-refractivity contribution is 7.89. The molecule has 0 amide bonds. The number of hydrogen-bond acceptors (Lipinski definition) is 3. The first-order valence-corrected chi connectivity index (χ1v) is 9.48. The van der Waals surface area contributed by atoms with E-state index in [0.29, 0.717) is 13.0 Å². The zero-order valence-electron chi connectivity index (χ0n) is 13.4. The van der Waals surface area contributed by atoms with Crippen LogP contribution in [0.15, 0.2) is 54.6 Å². The third-order valence-electron chi connectivity index (χ3n) is 3.54. The van der Waals surface area contributed by atoms with Crippen molar-refractivity contribution in [2.45, 2.75) is 19.8 Å². The van der Waals surface area contributed by atoms with Crippen molar-refractivity contribution in [3.8, 4) is 5.75 Å². The van der Waals surface area contributed by atoms with Crippen LogP contribution in [0.3, 0.4) is 0 Å². The maximum Gasteiger partial charge on any atom is 0.212 e. The van der Waals surface area contributed by atoms with Crippen LogP contribution in [0.1, 0.15) is 18.1 Å². The van der Waals surface area contributed by atoms with E-state index in [1.807, 2.05) is 54.6 Å². The molecule has 0 radical (unpaired) electrons. The van der Waals surface area contributed by atoms with Gasteiger partial charge in [0.25, 0.3) is 0 Å². The van der Waals surface area contributed by atoms with Crippen molar-refractivity contribution in [3.63, 3.8) is 0 Å². The Hall–Kier alpha value is -1.85. The molecular weight excluding hydrogens is 310 g/mol. The number of para-hydroxylation sites is 1. The van der Waals surface area contributed by atoms with Crippen LogP contribution in [0.25, 0.3) is 0 Å². The van der Waals surface area contributed by atoms with E-state index < -0.39 is 10.0 Å². The van der Waals surface area contributed by atoms with E-state index in [0.717, 1.165) is 23.3 Å². The van der Waals surface area contributed by atoms with Crippen LogP contribution in [0.4, 0.5) is 0 Å². The normalized spacial score (nSPS) is 11.3. The topological polar surface area (TPSA) is 55.4 Å². The fraction of sp³-hybridized carbons (Fsp3) is 0.333. The summed E-state index contributed by atoms with van der Waals surface area (Å²) in [4.78, 5) is 0. The molecule has 0 bridgehead atoms. The van der Waals surface area contributed by atoms with Gasteiger partial charge < -0.3 is 4.74 Å². The van der Waals surface area contributed by atoms with Gasteiger partial charge in [0, 0.05) is 6.54 Å². The van der Waals surface area contributed by atoms with E-state index in [-0.39, 0.29) is 12.3 Å². The molecule has 0 aliphatic rings. The van der Waals surface area contributed by atoms with Crippen molar-refractivity contribution in [2.24, 2.45) is 0 Å². The molecule has 1 N–H and O–H groups in total. The fourth-order valence-corrected chi connectivity index (χ4v) is 3.31. The lowest BCUT2D eigenvalue weighted by atomic mass is 10.1. The van der Waals surface area contributed by atoms with E-state index in [9.17, 15) is 8.42 Å². The minimum atomic E-state index is -3.28. The maximum absolute atomic E-state index is 12.0. The van der Waals surface area contributed by atoms with E-state index in [1.54, 1.807) is 0 Å². The van der Waals surface area contributed by atoms with Crippen LogP contribution in [0, 0.1) is 0 Å². The number of hydrogen-bond donors (Lipinski definition) is 1. The molecule has 0 aromatic heterocycles.